The molecule has 1 aromatic carbocycles. The van der Waals surface area contributed by atoms with Crippen LogP contribution in [0, 0.1) is 11.7 Å². The van der Waals surface area contributed by atoms with Crippen molar-refractivity contribution in [2.24, 2.45) is 5.92 Å². The van der Waals surface area contributed by atoms with Crippen LogP contribution >= 0.6 is 0 Å². The Morgan fingerprint density at radius 2 is 1.80 bits per heavy atom. The van der Waals surface area contributed by atoms with Gasteiger partial charge < -0.3 is 5.32 Å². The summed E-state index contributed by atoms with van der Waals surface area (Å²) < 4.78 is 53.5. The second kappa shape index (κ2) is 6.34. The van der Waals surface area contributed by atoms with Gasteiger partial charge in [0.15, 0.2) is 0 Å². The van der Waals surface area contributed by atoms with Gasteiger partial charge in [0.2, 0.25) is 0 Å². The van der Waals surface area contributed by atoms with E-state index in [9.17, 15) is 31.9 Å². The maximum atomic E-state index is 13.6. The number of urea groups is 1. The largest absolute Gasteiger partial charge is 0.440 e. The van der Waals surface area contributed by atoms with Crippen LogP contribution < -0.4 is 10.6 Å². The Bertz CT molecular complexity index is 703. The predicted molar refractivity (Wildman–Crippen MR) is 77.7 cm³/mol. The number of amides is 4. The van der Waals surface area contributed by atoms with Crippen LogP contribution in [0.25, 0.3) is 0 Å². The third-order valence-electron chi connectivity index (χ3n) is 3.49. The minimum absolute atomic E-state index is 0.241. The number of imide groups is 1. The van der Waals surface area contributed by atoms with Crippen molar-refractivity contribution in [1.82, 2.24) is 15.5 Å². The van der Waals surface area contributed by atoms with Crippen molar-refractivity contribution < 1.29 is 31.9 Å². The summed E-state index contributed by atoms with van der Waals surface area (Å²) in [5.41, 5.74) is -3.86. The van der Waals surface area contributed by atoms with Gasteiger partial charge in [-0.15, -0.1) is 0 Å². The number of hydrogen-bond acceptors (Lipinski definition) is 3. The van der Waals surface area contributed by atoms with Crippen molar-refractivity contribution in [3.8, 4) is 0 Å². The summed E-state index contributed by atoms with van der Waals surface area (Å²) in [6.07, 6.45) is -5.28. The van der Waals surface area contributed by atoms with Crippen molar-refractivity contribution in [1.29, 1.82) is 0 Å². The standard InChI is InChI=1S/C15H15F4N3O3/c1-8(2)7-22-12(24)14(15(17,18)19,21-13(22)25)20-11(23)9-3-5-10(16)6-4-9/h3-6,8H,7H2,1-2H3,(H,20,23)(H,21,25)/t14-/m1/s1. The number of nitrogens with zero attached hydrogens (tertiary/aromatic N) is 1. The summed E-state index contributed by atoms with van der Waals surface area (Å²) in [5.74, 6) is -3.85. The lowest BCUT2D eigenvalue weighted by molar-refractivity contribution is -0.200. The lowest BCUT2D eigenvalue weighted by atomic mass is 10.1. The number of alkyl halides is 3. The van der Waals surface area contributed by atoms with Crippen LogP contribution in [0.3, 0.4) is 0 Å². The van der Waals surface area contributed by atoms with E-state index in [1.807, 2.05) is 0 Å². The molecular formula is C15H15F4N3O3. The summed E-state index contributed by atoms with van der Waals surface area (Å²) in [4.78, 5) is 36.6. The van der Waals surface area contributed by atoms with E-state index < -0.39 is 35.5 Å². The van der Waals surface area contributed by atoms with Gasteiger partial charge in [-0.05, 0) is 30.2 Å². The highest BCUT2D eigenvalue weighted by molar-refractivity contribution is 6.10. The molecule has 0 unspecified atom stereocenters. The number of hydrogen-bond donors (Lipinski definition) is 2. The Balaban J connectivity index is 2.37. The Labute approximate surface area is 140 Å². The molecule has 0 saturated carbocycles. The highest BCUT2D eigenvalue weighted by Gasteiger charge is 2.68. The number of carbonyl (C=O) groups excluding carboxylic acids is 3. The average molecular weight is 361 g/mol. The van der Waals surface area contributed by atoms with Crippen LogP contribution in [0.15, 0.2) is 24.3 Å². The fraction of sp³-hybridized carbons (Fsp3) is 0.400. The SMILES string of the molecule is CC(C)CN1C(=O)N[C@@](NC(=O)c2ccc(F)cc2)(C(F)(F)F)C1=O. The molecule has 6 nitrogen and oxygen atoms in total. The molecule has 1 heterocycles. The topological polar surface area (TPSA) is 78.5 Å². The van der Waals surface area contributed by atoms with E-state index in [0.29, 0.717) is 4.90 Å². The Morgan fingerprint density at radius 1 is 1.24 bits per heavy atom. The first-order valence-corrected chi connectivity index (χ1v) is 7.27. The van der Waals surface area contributed by atoms with Crippen LogP contribution in [-0.4, -0.2) is 41.1 Å². The number of rotatable bonds is 4. The van der Waals surface area contributed by atoms with Crippen LogP contribution in [0.4, 0.5) is 22.4 Å². The van der Waals surface area contributed by atoms with Gasteiger partial charge in [0.05, 0.1) is 0 Å². The average Bonchev–Trinajstić information content (AvgIpc) is 2.72. The fourth-order valence-corrected chi connectivity index (χ4v) is 2.30. The highest BCUT2D eigenvalue weighted by atomic mass is 19.4. The molecule has 1 fully saturated rings. The van der Waals surface area contributed by atoms with E-state index in [1.54, 1.807) is 19.2 Å². The Hall–Kier alpha value is -2.65. The van der Waals surface area contributed by atoms with Crippen molar-refractivity contribution >= 4 is 17.8 Å². The maximum Gasteiger partial charge on any atom is 0.440 e. The Morgan fingerprint density at radius 3 is 2.28 bits per heavy atom. The lowest BCUT2D eigenvalue weighted by Crippen LogP contribution is -2.69. The molecule has 4 amide bonds. The molecule has 0 spiro atoms. The van der Waals surface area contributed by atoms with Crippen molar-refractivity contribution in [2.75, 3.05) is 6.54 Å². The molecule has 2 rings (SSSR count). The second-order valence-electron chi connectivity index (χ2n) is 5.95. The maximum absolute atomic E-state index is 13.6. The van der Waals surface area contributed by atoms with Gasteiger partial charge in [0.25, 0.3) is 17.5 Å². The van der Waals surface area contributed by atoms with E-state index in [2.05, 4.69) is 0 Å². The van der Waals surface area contributed by atoms with E-state index in [1.165, 1.54) is 5.32 Å². The lowest BCUT2D eigenvalue weighted by Gasteiger charge is -2.30. The summed E-state index contributed by atoms with van der Waals surface area (Å²) in [5, 5.41) is 3.07. The molecule has 10 heteroatoms. The molecule has 0 aliphatic carbocycles. The van der Waals surface area contributed by atoms with Gasteiger partial charge in [0, 0.05) is 12.1 Å². The fourth-order valence-electron chi connectivity index (χ4n) is 2.30. The molecule has 1 aliphatic heterocycles. The smallest absolute Gasteiger partial charge is 0.314 e. The summed E-state index contributed by atoms with van der Waals surface area (Å²) >= 11 is 0. The van der Waals surface area contributed by atoms with Gasteiger partial charge in [-0.1, -0.05) is 13.8 Å². The molecule has 136 valence electrons. The van der Waals surface area contributed by atoms with Crippen molar-refractivity contribution in [3.63, 3.8) is 0 Å². The zero-order valence-electron chi connectivity index (χ0n) is 13.3. The van der Waals surface area contributed by atoms with Crippen LogP contribution in [0.5, 0.6) is 0 Å². The van der Waals surface area contributed by atoms with Gasteiger partial charge in [-0.3, -0.25) is 19.8 Å². The molecule has 1 aliphatic rings. The van der Waals surface area contributed by atoms with E-state index in [-0.39, 0.29) is 18.0 Å². The molecule has 1 saturated heterocycles. The molecular weight excluding hydrogens is 346 g/mol. The van der Waals surface area contributed by atoms with Crippen LogP contribution in [0.1, 0.15) is 24.2 Å². The first-order valence-electron chi connectivity index (χ1n) is 7.27. The number of halogens is 4. The minimum Gasteiger partial charge on any atom is -0.314 e. The van der Waals surface area contributed by atoms with Crippen LogP contribution in [0.2, 0.25) is 0 Å². The third kappa shape index (κ3) is 3.42. The highest BCUT2D eigenvalue weighted by Crippen LogP contribution is 2.34. The molecule has 1 aromatic rings. The quantitative estimate of drug-likeness (QED) is 0.636. The second-order valence-corrected chi connectivity index (χ2v) is 5.95. The third-order valence-corrected chi connectivity index (χ3v) is 3.49. The molecule has 0 aromatic heterocycles. The predicted octanol–water partition coefficient (Wildman–Crippen LogP) is 2.02. The van der Waals surface area contributed by atoms with Gasteiger partial charge in [-0.2, -0.15) is 13.2 Å². The number of nitrogens with one attached hydrogen (secondary N) is 2. The van der Waals surface area contributed by atoms with E-state index in [4.69, 9.17) is 0 Å². The van der Waals surface area contributed by atoms with Gasteiger partial charge in [0.1, 0.15) is 5.82 Å². The summed E-state index contributed by atoms with van der Waals surface area (Å²) in [6, 6.07) is 2.43. The zero-order valence-corrected chi connectivity index (χ0v) is 13.3. The van der Waals surface area contributed by atoms with Crippen LogP contribution in [-0.2, 0) is 4.79 Å². The summed E-state index contributed by atoms with van der Waals surface area (Å²) in [6.45, 7) is 2.99. The van der Waals surface area contributed by atoms with Gasteiger partial charge in [-0.25, -0.2) is 9.18 Å². The number of benzene rings is 1. The molecule has 0 radical (unpaired) electrons. The molecule has 1 atom stereocenters. The van der Waals surface area contributed by atoms with E-state index in [0.717, 1.165) is 24.3 Å². The first kappa shape index (κ1) is 18.7. The monoisotopic (exact) mass is 361 g/mol. The van der Waals surface area contributed by atoms with Crippen molar-refractivity contribution in [2.45, 2.75) is 25.7 Å². The Kier molecular flexibility index (Phi) is 4.74. The molecule has 0 bridgehead atoms. The zero-order chi connectivity index (χ0) is 19.0. The summed E-state index contributed by atoms with van der Waals surface area (Å²) in [7, 11) is 0. The van der Waals surface area contributed by atoms with Crippen molar-refractivity contribution in [3.05, 3.63) is 35.6 Å². The molecule has 2 N–H and O–H groups in total. The normalized spacial score (nSPS) is 20.8. The molecule has 25 heavy (non-hydrogen) atoms. The number of carbonyl (C=O) groups is 3. The first-order chi connectivity index (χ1) is 11.5. The van der Waals surface area contributed by atoms with Gasteiger partial charge >= 0.3 is 12.2 Å². The van der Waals surface area contributed by atoms with E-state index >= 15 is 0 Å². The minimum atomic E-state index is -5.28.